The first kappa shape index (κ1) is 19.4. The summed E-state index contributed by atoms with van der Waals surface area (Å²) in [5, 5.41) is 16.0. The van der Waals surface area contributed by atoms with Crippen molar-refractivity contribution in [1.29, 1.82) is 5.26 Å². The van der Waals surface area contributed by atoms with E-state index in [1.807, 2.05) is 42.6 Å². The number of allylic oxidation sites excluding steroid dienone is 1. The monoisotopic (exact) mass is 415 g/mol. The minimum Gasteiger partial charge on any atom is -0.494 e. The Kier molecular flexibility index (Phi) is 5.59. The second-order valence-electron chi connectivity index (χ2n) is 6.32. The lowest BCUT2D eigenvalue weighted by molar-refractivity contribution is 0.340. The van der Waals surface area contributed by atoms with Gasteiger partial charge in [-0.15, -0.1) is 11.3 Å². The first-order chi connectivity index (χ1) is 14.7. The molecule has 0 saturated carbocycles. The van der Waals surface area contributed by atoms with Crippen LogP contribution in [0.3, 0.4) is 0 Å². The summed E-state index contributed by atoms with van der Waals surface area (Å²) >= 11 is 1.41. The van der Waals surface area contributed by atoms with Crippen molar-refractivity contribution in [3.05, 3.63) is 81.6 Å². The molecular formula is C23H17N3O3S. The Hall–Kier alpha value is -3.89. The predicted molar refractivity (Wildman–Crippen MR) is 118 cm³/mol. The van der Waals surface area contributed by atoms with E-state index >= 15 is 0 Å². The molecule has 0 radical (unpaired) electrons. The van der Waals surface area contributed by atoms with Gasteiger partial charge in [0, 0.05) is 34.3 Å². The molecule has 0 spiro atoms. The Bertz CT molecular complexity index is 1310. The number of ether oxygens (including phenoxy) is 1. The van der Waals surface area contributed by atoms with Gasteiger partial charge < -0.3 is 14.5 Å². The van der Waals surface area contributed by atoms with Gasteiger partial charge in [0.25, 0.3) is 0 Å². The largest absolute Gasteiger partial charge is 0.494 e. The summed E-state index contributed by atoms with van der Waals surface area (Å²) in [6, 6.07) is 18.3. The fourth-order valence-corrected chi connectivity index (χ4v) is 3.67. The van der Waals surface area contributed by atoms with Crippen LogP contribution in [-0.2, 0) is 0 Å². The molecule has 2 heterocycles. The van der Waals surface area contributed by atoms with Gasteiger partial charge in [0.2, 0.25) is 0 Å². The van der Waals surface area contributed by atoms with Gasteiger partial charge >= 0.3 is 5.63 Å². The number of benzene rings is 2. The Balaban J connectivity index is 1.54. The number of hydrogen-bond acceptors (Lipinski definition) is 7. The van der Waals surface area contributed by atoms with E-state index in [0.29, 0.717) is 22.8 Å². The molecule has 0 amide bonds. The summed E-state index contributed by atoms with van der Waals surface area (Å²) in [6.07, 6.45) is 1.63. The van der Waals surface area contributed by atoms with Crippen molar-refractivity contribution in [2.75, 3.05) is 11.9 Å². The van der Waals surface area contributed by atoms with E-state index in [2.05, 4.69) is 16.4 Å². The van der Waals surface area contributed by atoms with Crippen LogP contribution in [0.1, 0.15) is 11.9 Å². The van der Waals surface area contributed by atoms with E-state index < -0.39 is 0 Å². The Morgan fingerprint density at radius 3 is 2.83 bits per heavy atom. The van der Waals surface area contributed by atoms with Crippen molar-refractivity contribution >= 4 is 33.6 Å². The van der Waals surface area contributed by atoms with Crippen molar-refractivity contribution in [2.24, 2.45) is 0 Å². The number of hydrogen-bond donors (Lipinski definition) is 1. The third-order valence-electron chi connectivity index (χ3n) is 4.32. The topological polar surface area (TPSA) is 88.1 Å². The van der Waals surface area contributed by atoms with Gasteiger partial charge in [-0.2, -0.15) is 5.26 Å². The SMILES string of the molecule is CCOc1ccc(-c2csc(/C(C#N)=C/Nc3ccc4oc(=O)ccc4c3)n2)cc1. The second-order valence-corrected chi connectivity index (χ2v) is 7.17. The molecule has 0 bridgehead atoms. The molecule has 1 N–H and O–H groups in total. The summed E-state index contributed by atoms with van der Waals surface area (Å²) < 4.78 is 10.6. The standard InChI is InChI=1S/C23H17N3O3S/c1-2-28-19-7-3-15(4-8-19)20-14-30-23(26-20)17(12-24)13-25-18-6-9-21-16(11-18)5-10-22(27)29-21/h3-11,13-14,25H,2H2,1H3/b17-13+. The van der Waals surface area contributed by atoms with E-state index in [1.54, 1.807) is 24.4 Å². The molecule has 4 rings (SSSR count). The second kappa shape index (κ2) is 8.64. The number of fused-ring (bicyclic) bond motifs is 1. The number of nitrogens with one attached hydrogen (secondary N) is 1. The normalized spacial score (nSPS) is 11.3. The Morgan fingerprint density at radius 1 is 1.23 bits per heavy atom. The molecule has 4 aromatic rings. The number of nitrogens with zero attached hydrogens (tertiary/aromatic N) is 2. The smallest absolute Gasteiger partial charge is 0.336 e. The van der Waals surface area contributed by atoms with Gasteiger partial charge in [-0.3, -0.25) is 0 Å². The quantitative estimate of drug-likeness (QED) is 0.340. The average molecular weight is 415 g/mol. The number of nitriles is 1. The lowest BCUT2D eigenvalue weighted by Gasteiger charge is -2.03. The molecule has 2 aromatic heterocycles. The molecule has 148 valence electrons. The van der Waals surface area contributed by atoms with Gasteiger partial charge in [-0.25, -0.2) is 9.78 Å². The van der Waals surface area contributed by atoms with E-state index in [4.69, 9.17) is 9.15 Å². The Labute approximate surface area is 176 Å². The van der Waals surface area contributed by atoms with E-state index in [0.717, 1.165) is 28.1 Å². The number of thiazole rings is 1. The van der Waals surface area contributed by atoms with Gasteiger partial charge in [0.05, 0.1) is 12.3 Å². The highest BCUT2D eigenvalue weighted by Crippen LogP contribution is 2.27. The van der Waals surface area contributed by atoms with Crippen LogP contribution in [0.25, 0.3) is 27.8 Å². The minimum absolute atomic E-state index is 0.387. The first-order valence-corrected chi connectivity index (χ1v) is 10.1. The van der Waals surface area contributed by atoms with Crippen molar-refractivity contribution in [3.63, 3.8) is 0 Å². The molecule has 0 atom stereocenters. The van der Waals surface area contributed by atoms with Gasteiger partial charge in [-0.05, 0) is 55.5 Å². The molecule has 0 saturated heterocycles. The summed E-state index contributed by atoms with van der Waals surface area (Å²) in [5.74, 6) is 0.813. The zero-order valence-corrected chi connectivity index (χ0v) is 16.9. The predicted octanol–water partition coefficient (Wildman–Crippen LogP) is 5.29. The molecule has 0 aliphatic heterocycles. The molecule has 0 aliphatic carbocycles. The van der Waals surface area contributed by atoms with Gasteiger partial charge in [0.1, 0.15) is 28.0 Å². The van der Waals surface area contributed by atoms with Crippen molar-refractivity contribution < 1.29 is 9.15 Å². The summed E-state index contributed by atoms with van der Waals surface area (Å²) in [4.78, 5) is 15.9. The van der Waals surface area contributed by atoms with E-state index in [-0.39, 0.29) is 5.63 Å². The van der Waals surface area contributed by atoms with Crippen LogP contribution in [0.15, 0.2) is 75.4 Å². The average Bonchev–Trinajstić information content (AvgIpc) is 3.25. The molecule has 6 nitrogen and oxygen atoms in total. The molecule has 7 heteroatoms. The van der Waals surface area contributed by atoms with Crippen LogP contribution >= 0.6 is 11.3 Å². The summed E-state index contributed by atoms with van der Waals surface area (Å²) in [6.45, 7) is 2.56. The molecule has 30 heavy (non-hydrogen) atoms. The zero-order valence-electron chi connectivity index (χ0n) is 16.1. The first-order valence-electron chi connectivity index (χ1n) is 9.26. The van der Waals surface area contributed by atoms with Crippen LogP contribution in [0.2, 0.25) is 0 Å². The maximum atomic E-state index is 11.3. The number of anilines is 1. The van der Waals surface area contributed by atoms with E-state index in [1.165, 1.54) is 17.4 Å². The van der Waals surface area contributed by atoms with Crippen molar-refractivity contribution in [1.82, 2.24) is 4.98 Å². The van der Waals surface area contributed by atoms with Crippen LogP contribution in [0.5, 0.6) is 5.75 Å². The lowest BCUT2D eigenvalue weighted by atomic mass is 10.2. The fourth-order valence-electron chi connectivity index (χ4n) is 2.88. The third kappa shape index (κ3) is 4.24. The van der Waals surface area contributed by atoms with Crippen LogP contribution < -0.4 is 15.7 Å². The number of aromatic nitrogens is 1. The summed E-state index contributed by atoms with van der Waals surface area (Å²) in [5.41, 5.74) is 3.09. The molecule has 0 fully saturated rings. The van der Waals surface area contributed by atoms with Crippen LogP contribution in [-0.4, -0.2) is 11.6 Å². The molecular weight excluding hydrogens is 398 g/mol. The molecule has 0 unspecified atom stereocenters. The third-order valence-corrected chi connectivity index (χ3v) is 5.19. The minimum atomic E-state index is -0.387. The summed E-state index contributed by atoms with van der Waals surface area (Å²) in [7, 11) is 0. The highest BCUT2D eigenvalue weighted by molar-refractivity contribution is 7.11. The Morgan fingerprint density at radius 2 is 2.07 bits per heavy atom. The van der Waals surface area contributed by atoms with E-state index in [9.17, 15) is 10.1 Å². The van der Waals surface area contributed by atoms with Gasteiger partial charge in [-0.1, -0.05) is 0 Å². The highest BCUT2D eigenvalue weighted by Gasteiger charge is 2.09. The van der Waals surface area contributed by atoms with Crippen molar-refractivity contribution in [2.45, 2.75) is 6.92 Å². The zero-order chi connectivity index (χ0) is 20.9. The maximum absolute atomic E-state index is 11.3. The van der Waals surface area contributed by atoms with Crippen LogP contribution in [0.4, 0.5) is 5.69 Å². The number of rotatable bonds is 6. The molecule has 2 aromatic carbocycles. The van der Waals surface area contributed by atoms with Crippen molar-refractivity contribution in [3.8, 4) is 23.1 Å². The van der Waals surface area contributed by atoms with Gasteiger partial charge in [0.15, 0.2) is 0 Å². The maximum Gasteiger partial charge on any atom is 0.336 e. The molecule has 0 aliphatic rings. The highest BCUT2D eigenvalue weighted by atomic mass is 32.1. The van der Waals surface area contributed by atoms with Crippen LogP contribution in [0, 0.1) is 11.3 Å². The lowest BCUT2D eigenvalue weighted by Crippen LogP contribution is -1.95. The fraction of sp³-hybridized carbons (Fsp3) is 0.0870.